The second kappa shape index (κ2) is 5.28. The van der Waals surface area contributed by atoms with Crippen molar-refractivity contribution in [2.24, 2.45) is 5.92 Å². The zero-order valence-electron chi connectivity index (χ0n) is 17.3. The highest BCUT2D eigenvalue weighted by Gasteiger charge is 2.73. The number of hydrogen-bond donors (Lipinski definition) is 2. The molecule has 2 aromatic carbocycles. The molecule has 0 unspecified atom stereocenters. The summed E-state index contributed by atoms with van der Waals surface area (Å²) in [6.45, 7) is 2.03. The summed E-state index contributed by atoms with van der Waals surface area (Å²) in [7, 11) is 0. The van der Waals surface area contributed by atoms with Crippen LogP contribution in [0.15, 0.2) is 40.8 Å². The van der Waals surface area contributed by atoms with Gasteiger partial charge in [0.2, 0.25) is 0 Å². The molecule has 3 aliphatic carbocycles. The molecule has 158 valence electrons. The normalized spacial score (nSPS) is 35.0. The van der Waals surface area contributed by atoms with E-state index in [-0.39, 0.29) is 11.8 Å². The van der Waals surface area contributed by atoms with Gasteiger partial charge in [0, 0.05) is 35.5 Å². The van der Waals surface area contributed by atoms with E-state index in [4.69, 9.17) is 9.15 Å². The molecular weight excluding hydrogens is 390 g/mol. The number of furan rings is 1. The van der Waals surface area contributed by atoms with Crippen molar-refractivity contribution in [1.82, 2.24) is 4.90 Å². The van der Waals surface area contributed by atoms with Crippen molar-refractivity contribution in [3.8, 4) is 11.5 Å². The van der Waals surface area contributed by atoms with Gasteiger partial charge in [0.1, 0.15) is 11.3 Å². The largest absolute Gasteiger partial charge is 0.504 e. The molecule has 5 nitrogen and oxygen atoms in total. The average Bonchev–Trinajstić information content (AvgIpc) is 3.40. The van der Waals surface area contributed by atoms with E-state index in [1.165, 1.54) is 18.4 Å². The molecule has 2 N–H and O–H groups in total. The minimum atomic E-state index is -0.948. The van der Waals surface area contributed by atoms with Gasteiger partial charge in [-0.3, -0.25) is 4.90 Å². The van der Waals surface area contributed by atoms with E-state index in [1.807, 2.05) is 24.3 Å². The Bertz CT molecular complexity index is 1280. The Morgan fingerprint density at radius 2 is 2.00 bits per heavy atom. The lowest BCUT2D eigenvalue weighted by Gasteiger charge is -2.62. The topological polar surface area (TPSA) is 66.1 Å². The van der Waals surface area contributed by atoms with Gasteiger partial charge in [0.05, 0.1) is 11.0 Å². The standard InChI is InChI=1S/C26H25NO4/c28-18-8-7-15-11-20-26(29)12-17-16-3-1-2-4-19(16)30-22(17)24-25(26,21(15)23(18)31-24)9-10-27(20)13-14-5-6-14/h1-4,7-8,14,20,24,28-29H,5-6,9-13H2/t20-,24+,25-,26+/m1/s1. The number of rotatable bonds is 2. The van der Waals surface area contributed by atoms with Crippen LogP contribution in [0.25, 0.3) is 11.0 Å². The number of likely N-dealkylation sites (tertiary alicyclic amines) is 1. The van der Waals surface area contributed by atoms with Crippen LogP contribution in [0.4, 0.5) is 0 Å². The average molecular weight is 415 g/mol. The fourth-order valence-corrected chi connectivity index (χ4v) is 7.42. The van der Waals surface area contributed by atoms with E-state index in [9.17, 15) is 10.2 Å². The molecule has 0 radical (unpaired) electrons. The van der Waals surface area contributed by atoms with Gasteiger partial charge in [-0.2, -0.15) is 0 Å². The summed E-state index contributed by atoms with van der Waals surface area (Å²) in [6, 6.07) is 12.0. The Labute approximate surface area is 180 Å². The molecule has 1 spiro atoms. The van der Waals surface area contributed by atoms with Gasteiger partial charge < -0.3 is 19.4 Å². The fraction of sp³-hybridized carbons (Fsp3) is 0.462. The first-order valence-corrected chi connectivity index (χ1v) is 11.6. The van der Waals surface area contributed by atoms with Crippen molar-refractivity contribution in [2.45, 2.75) is 55.3 Å². The van der Waals surface area contributed by atoms with Crippen LogP contribution >= 0.6 is 0 Å². The van der Waals surface area contributed by atoms with Crippen LogP contribution in [-0.4, -0.2) is 39.8 Å². The summed E-state index contributed by atoms with van der Waals surface area (Å²) in [5.74, 6) is 2.34. The number of piperidine rings is 1. The molecule has 8 rings (SSSR count). The summed E-state index contributed by atoms with van der Waals surface area (Å²) < 4.78 is 12.9. The van der Waals surface area contributed by atoms with Crippen LogP contribution in [0.3, 0.4) is 0 Å². The predicted molar refractivity (Wildman–Crippen MR) is 114 cm³/mol. The smallest absolute Gasteiger partial charge is 0.169 e. The van der Waals surface area contributed by atoms with Gasteiger partial charge >= 0.3 is 0 Å². The Hall–Kier alpha value is -2.50. The summed E-state index contributed by atoms with van der Waals surface area (Å²) >= 11 is 0. The van der Waals surface area contributed by atoms with E-state index < -0.39 is 17.1 Å². The number of benzene rings is 2. The van der Waals surface area contributed by atoms with E-state index in [0.29, 0.717) is 12.2 Å². The first kappa shape index (κ1) is 17.1. The van der Waals surface area contributed by atoms with Crippen LogP contribution in [0.1, 0.15) is 47.8 Å². The quantitative estimate of drug-likeness (QED) is 0.666. The van der Waals surface area contributed by atoms with Gasteiger partial charge in [-0.15, -0.1) is 0 Å². The number of fused-ring (bicyclic) bond motifs is 4. The second-order valence-electron chi connectivity index (χ2n) is 10.4. The molecule has 5 aliphatic rings. The number of hydrogen-bond acceptors (Lipinski definition) is 5. The van der Waals surface area contributed by atoms with Gasteiger partial charge in [-0.25, -0.2) is 0 Å². The molecule has 0 amide bonds. The summed E-state index contributed by atoms with van der Waals surface area (Å²) in [5, 5.41) is 24.5. The molecule has 4 atom stereocenters. The number of aliphatic hydroxyl groups is 1. The highest BCUT2D eigenvalue weighted by atomic mass is 16.5. The molecular formula is C26H25NO4. The lowest BCUT2D eigenvalue weighted by molar-refractivity contribution is -0.175. The summed E-state index contributed by atoms with van der Waals surface area (Å²) in [6.07, 6.45) is 4.40. The van der Waals surface area contributed by atoms with Crippen molar-refractivity contribution >= 4 is 11.0 Å². The molecule has 31 heavy (non-hydrogen) atoms. The van der Waals surface area contributed by atoms with Crippen LogP contribution in [0.5, 0.6) is 11.5 Å². The zero-order chi connectivity index (χ0) is 20.5. The summed E-state index contributed by atoms with van der Waals surface area (Å²) in [4.78, 5) is 2.56. The Balaban J connectivity index is 1.43. The van der Waals surface area contributed by atoms with Crippen molar-refractivity contribution in [1.29, 1.82) is 0 Å². The van der Waals surface area contributed by atoms with Crippen LogP contribution < -0.4 is 4.74 Å². The highest BCUT2D eigenvalue weighted by Crippen LogP contribution is 2.69. The van der Waals surface area contributed by atoms with Crippen molar-refractivity contribution in [3.05, 3.63) is 58.8 Å². The highest BCUT2D eigenvalue weighted by molar-refractivity contribution is 5.84. The molecule has 1 aromatic heterocycles. The first-order chi connectivity index (χ1) is 15.1. The van der Waals surface area contributed by atoms with E-state index in [1.54, 1.807) is 6.07 Å². The van der Waals surface area contributed by atoms with Crippen molar-refractivity contribution in [2.75, 3.05) is 13.1 Å². The predicted octanol–water partition coefficient (Wildman–Crippen LogP) is 3.84. The van der Waals surface area contributed by atoms with Crippen LogP contribution in [0, 0.1) is 5.92 Å². The molecule has 2 bridgehead atoms. The minimum absolute atomic E-state index is 0.0535. The molecule has 2 fully saturated rings. The number of ether oxygens (including phenoxy) is 1. The third kappa shape index (κ3) is 1.84. The molecule has 3 aromatic rings. The van der Waals surface area contributed by atoms with Gasteiger partial charge in [-0.1, -0.05) is 24.3 Å². The maximum absolute atomic E-state index is 12.7. The third-order valence-electron chi connectivity index (χ3n) is 8.93. The lowest BCUT2D eigenvalue weighted by atomic mass is 9.49. The molecule has 1 saturated heterocycles. The zero-order valence-corrected chi connectivity index (χ0v) is 17.3. The monoisotopic (exact) mass is 415 g/mol. The van der Waals surface area contributed by atoms with Gasteiger partial charge in [-0.05, 0) is 55.8 Å². The SMILES string of the molecule is Oc1ccc2c3c1O[C@H]1c4oc5ccccc5c4C[C@]4(O)[C@@H](C2)N(CC2CC2)CC[C@@]314. The second-order valence-corrected chi connectivity index (χ2v) is 10.4. The summed E-state index contributed by atoms with van der Waals surface area (Å²) in [5.41, 5.74) is 2.65. The van der Waals surface area contributed by atoms with Crippen LogP contribution in [0.2, 0.25) is 0 Å². The maximum atomic E-state index is 12.7. The number of phenolic OH excluding ortho intramolecular Hbond substituents is 1. The molecule has 3 heterocycles. The van der Waals surface area contributed by atoms with E-state index in [0.717, 1.165) is 59.7 Å². The maximum Gasteiger partial charge on any atom is 0.169 e. The first-order valence-electron chi connectivity index (χ1n) is 11.6. The number of nitrogens with zero attached hydrogens (tertiary/aromatic N) is 1. The van der Waals surface area contributed by atoms with Crippen LogP contribution in [-0.2, 0) is 18.3 Å². The third-order valence-corrected chi connectivity index (χ3v) is 8.93. The Morgan fingerprint density at radius 3 is 2.87 bits per heavy atom. The van der Waals surface area contributed by atoms with Crippen molar-refractivity contribution < 1.29 is 19.4 Å². The Morgan fingerprint density at radius 1 is 1.13 bits per heavy atom. The van der Waals surface area contributed by atoms with E-state index >= 15 is 0 Å². The van der Waals surface area contributed by atoms with Gasteiger partial charge in [0.25, 0.3) is 0 Å². The fourth-order valence-electron chi connectivity index (χ4n) is 7.42. The van der Waals surface area contributed by atoms with E-state index in [2.05, 4.69) is 11.0 Å². The van der Waals surface area contributed by atoms with Gasteiger partial charge in [0.15, 0.2) is 17.6 Å². The number of phenols is 1. The number of para-hydroxylation sites is 1. The Kier molecular flexibility index (Phi) is 2.91. The lowest BCUT2D eigenvalue weighted by Crippen LogP contribution is -2.74. The van der Waals surface area contributed by atoms with Crippen molar-refractivity contribution in [3.63, 3.8) is 0 Å². The number of aromatic hydroxyl groups is 1. The molecule has 5 heteroatoms. The minimum Gasteiger partial charge on any atom is -0.504 e. The molecule has 2 aliphatic heterocycles. The molecule has 1 saturated carbocycles.